The minimum atomic E-state index is -1.99. The van der Waals surface area contributed by atoms with Crippen LogP contribution in [0.15, 0.2) is 24.3 Å². The van der Waals surface area contributed by atoms with Crippen LogP contribution >= 0.6 is 11.6 Å². The van der Waals surface area contributed by atoms with E-state index in [2.05, 4.69) is 0 Å². The molecule has 1 aromatic carbocycles. The second-order valence-corrected chi connectivity index (χ2v) is 3.65. The predicted molar refractivity (Wildman–Crippen MR) is 50.6 cm³/mol. The standard InChI is InChI=1S/C7H8ClNO2S/c1-9(12(10)11)7-4-2-3-6(8)5-7/h2-5H,1H3,(H,10,11). The first-order valence-electron chi connectivity index (χ1n) is 3.21. The Morgan fingerprint density at radius 3 is 2.75 bits per heavy atom. The highest BCUT2D eigenvalue weighted by molar-refractivity contribution is 7.80. The molecule has 1 atom stereocenters. The fourth-order valence-electron chi connectivity index (χ4n) is 0.762. The monoisotopic (exact) mass is 205 g/mol. The van der Waals surface area contributed by atoms with Gasteiger partial charge in [0, 0.05) is 12.1 Å². The largest absolute Gasteiger partial charge is 0.289 e. The zero-order valence-corrected chi connectivity index (χ0v) is 7.97. The van der Waals surface area contributed by atoms with Crippen molar-refractivity contribution in [3.05, 3.63) is 29.3 Å². The number of anilines is 1. The van der Waals surface area contributed by atoms with E-state index in [9.17, 15) is 4.21 Å². The molecule has 3 nitrogen and oxygen atoms in total. The quantitative estimate of drug-likeness (QED) is 0.750. The van der Waals surface area contributed by atoms with Gasteiger partial charge in [0.05, 0.1) is 5.69 Å². The average molecular weight is 206 g/mol. The smallest absolute Gasteiger partial charge is 0.261 e. The lowest BCUT2D eigenvalue weighted by Gasteiger charge is -2.13. The van der Waals surface area contributed by atoms with Crippen LogP contribution in [-0.4, -0.2) is 15.8 Å². The Morgan fingerprint density at radius 2 is 2.25 bits per heavy atom. The summed E-state index contributed by atoms with van der Waals surface area (Å²) in [7, 11) is 1.52. The molecule has 66 valence electrons. The van der Waals surface area contributed by atoms with Gasteiger partial charge in [-0.2, -0.15) is 0 Å². The molecule has 0 spiro atoms. The third-order valence-electron chi connectivity index (χ3n) is 1.41. The van der Waals surface area contributed by atoms with E-state index in [0.717, 1.165) is 0 Å². The minimum Gasteiger partial charge on any atom is -0.289 e. The van der Waals surface area contributed by atoms with Gasteiger partial charge in [-0.1, -0.05) is 17.7 Å². The van der Waals surface area contributed by atoms with Gasteiger partial charge in [-0.15, -0.1) is 0 Å². The van der Waals surface area contributed by atoms with E-state index in [1.165, 1.54) is 11.4 Å². The molecule has 0 fully saturated rings. The summed E-state index contributed by atoms with van der Waals surface area (Å²) in [5.41, 5.74) is 0.614. The van der Waals surface area contributed by atoms with Gasteiger partial charge >= 0.3 is 0 Å². The van der Waals surface area contributed by atoms with Crippen LogP contribution in [0.25, 0.3) is 0 Å². The lowest BCUT2D eigenvalue weighted by atomic mass is 10.3. The predicted octanol–water partition coefficient (Wildman–Crippen LogP) is 1.91. The summed E-state index contributed by atoms with van der Waals surface area (Å²) in [4.78, 5) is 0. The molecule has 0 amide bonds. The summed E-state index contributed by atoms with van der Waals surface area (Å²) in [5, 5.41) is 0.546. The maximum absolute atomic E-state index is 10.6. The Hall–Kier alpha value is -0.580. The van der Waals surface area contributed by atoms with Crippen LogP contribution in [0.3, 0.4) is 0 Å². The first-order chi connectivity index (χ1) is 5.61. The van der Waals surface area contributed by atoms with E-state index in [1.54, 1.807) is 24.3 Å². The summed E-state index contributed by atoms with van der Waals surface area (Å²) in [6, 6.07) is 6.76. The lowest BCUT2D eigenvalue weighted by molar-refractivity contribution is 0.562. The van der Waals surface area contributed by atoms with Gasteiger partial charge < -0.3 is 0 Å². The second-order valence-electron chi connectivity index (χ2n) is 2.21. The van der Waals surface area contributed by atoms with Crippen LogP contribution in [0.2, 0.25) is 5.02 Å². The maximum Gasteiger partial charge on any atom is 0.261 e. The van der Waals surface area contributed by atoms with Gasteiger partial charge in [0.1, 0.15) is 0 Å². The van der Waals surface area contributed by atoms with Gasteiger partial charge in [0.2, 0.25) is 0 Å². The molecule has 12 heavy (non-hydrogen) atoms. The van der Waals surface area contributed by atoms with Gasteiger partial charge in [-0.3, -0.25) is 8.86 Å². The number of rotatable bonds is 2. The van der Waals surface area contributed by atoms with Crippen molar-refractivity contribution in [1.29, 1.82) is 0 Å². The van der Waals surface area contributed by atoms with Gasteiger partial charge in [0.15, 0.2) is 0 Å². The SMILES string of the molecule is CN(c1cccc(Cl)c1)S(=O)O. The van der Waals surface area contributed by atoms with Crippen molar-refractivity contribution >= 4 is 28.6 Å². The molecule has 1 unspecified atom stereocenters. The molecule has 0 saturated heterocycles. The molecule has 5 heteroatoms. The molecule has 0 bridgehead atoms. The molecule has 0 radical (unpaired) electrons. The highest BCUT2D eigenvalue weighted by Crippen LogP contribution is 2.18. The summed E-state index contributed by atoms with van der Waals surface area (Å²) in [6.07, 6.45) is 0. The molecule has 1 rings (SSSR count). The van der Waals surface area contributed by atoms with E-state index in [4.69, 9.17) is 16.2 Å². The minimum absolute atomic E-state index is 0.546. The molecule has 0 saturated carbocycles. The van der Waals surface area contributed by atoms with Crippen molar-refractivity contribution in [3.63, 3.8) is 0 Å². The molecule has 0 heterocycles. The van der Waals surface area contributed by atoms with Crippen LogP contribution in [0, 0.1) is 0 Å². The molecular weight excluding hydrogens is 198 g/mol. The fourth-order valence-corrected chi connectivity index (χ4v) is 1.24. The number of hydrogen-bond acceptors (Lipinski definition) is 1. The summed E-state index contributed by atoms with van der Waals surface area (Å²) < 4.78 is 20.5. The first kappa shape index (κ1) is 9.51. The fraction of sp³-hybridized carbons (Fsp3) is 0.143. The van der Waals surface area contributed by atoms with Crippen molar-refractivity contribution in [2.75, 3.05) is 11.4 Å². The number of benzene rings is 1. The zero-order valence-electron chi connectivity index (χ0n) is 6.40. The lowest BCUT2D eigenvalue weighted by Crippen LogP contribution is -2.18. The molecule has 0 aliphatic carbocycles. The molecular formula is C7H8ClNO2S. The van der Waals surface area contributed by atoms with E-state index >= 15 is 0 Å². The van der Waals surface area contributed by atoms with Crippen LogP contribution in [0.1, 0.15) is 0 Å². The van der Waals surface area contributed by atoms with Crippen molar-refractivity contribution in [3.8, 4) is 0 Å². The van der Waals surface area contributed by atoms with Gasteiger partial charge in [-0.25, -0.2) is 4.21 Å². The Balaban J connectivity index is 2.95. The molecule has 0 aromatic heterocycles. The Morgan fingerprint density at radius 1 is 1.58 bits per heavy atom. The highest BCUT2D eigenvalue weighted by atomic mass is 35.5. The number of halogens is 1. The normalized spacial score (nSPS) is 12.6. The van der Waals surface area contributed by atoms with Crippen molar-refractivity contribution in [2.24, 2.45) is 0 Å². The first-order valence-corrected chi connectivity index (χ1v) is 4.65. The summed E-state index contributed by atoms with van der Waals surface area (Å²) in [5.74, 6) is 0. The third-order valence-corrected chi connectivity index (χ3v) is 2.32. The third kappa shape index (κ3) is 2.20. The van der Waals surface area contributed by atoms with Gasteiger partial charge in [0.25, 0.3) is 11.3 Å². The van der Waals surface area contributed by atoms with Gasteiger partial charge in [-0.05, 0) is 18.2 Å². The van der Waals surface area contributed by atoms with E-state index in [1.807, 2.05) is 0 Å². The second kappa shape index (κ2) is 3.89. The Kier molecular flexibility index (Phi) is 3.08. The van der Waals surface area contributed by atoms with Crippen molar-refractivity contribution in [1.82, 2.24) is 0 Å². The van der Waals surface area contributed by atoms with E-state index < -0.39 is 11.3 Å². The van der Waals surface area contributed by atoms with E-state index in [-0.39, 0.29) is 0 Å². The van der Waals surface area contributed by atoms with Crippen LogP contribution in [0.5, 0.6) is 0 Å². The Labute approximate surface area is 78.4 Å². The number of hydrogen-bond donors (Lipinski definition) is 1. The van der Waals surface area contributed by atoms with Crippen molar-refractivity contribution < 1.29 is 8.76 Å². The Bertz CT molecular complexity index is 305. The zero-order chi connectivity index (χ0) is 9.14. The number of nitrogens with zero attached hydrogens (tertiary/aromatic N) is 1. The van der Waals surface area contributed by atoms with Crippen LogP contribution in [-0.2, 0) is 11.3 Å². The highest BCUT2D eigenvalue weighted by Gasteiger charge is 2.05. The van der Waals surface area contributed by atoms with Crippen LogP contribution in [0.4, 0.5) is 5.69 Å². The summed E-state index contributed by atoms with van der Waals surface area (Å²) in [6.45, 7) is 0. The molecule has 1 N–H and O–H groups in total. The average Bonchev–Trinajstić information content (AvgIpc) is 2.03. The van der Waals surface area contributed by atoms with Crippen molar-refractivity contribution in [2.45, 2.75) is 0 Å². The molecule has 0 aliphatic heterocycles. The molecule has 1 aromatic rings. The topological polar surface area (TPSA) is 40.5 Å². The molecule has 0 aliphatic rings. The summed E-state index contributed by atoms with van der Waals surface area (Å²) >= 11 is 3.69. The van der Waals surface area contributed by atoms with Crippen LogP contribution < -0.4 is 4.31 Å². The van der Waals surface area contributed by atoms with E-state index in [0.29, 0.717) is 10.7 Å². The maximum atomic E-state index is 10.6.